The van der Waals surface area contributed by atoms with Crippen molar-refractivity contribution in [2.75, 3.05) is 0 Å². The Balaban J connectivity index is 2.13. The minimum atomic E-state index is 0.586. The summed E-state index contributed by atoms with van der Waals surface area (Å²) in [5.41, 5.74) is 7.40. The molecule has 21 heavy (non-hydrogen) atoms. The van der Waals surface area contributed by atoms with Gasteiger partial charge in [-0.2, -0.15) is 5.10 Å². The summed E-state index contributed by atoms with van der Waals surface area (Å²) >= 11 is 0. The van der Waals surface area contributed by atoms with E-state index in [-0.39, 0.29) is 0 Å². The minimum absolute atomic E-state index is 0.586. The molecule has 0 spiro atoms. The number of guanidine groups is 1. The number of nitrogens with zero attached hydrogens (tertiary/aromatic N) is 3. The average molecular weight is 292 g/mol. The molecule has 0 heterocycles. The first-order chi connectivity index (χ1) is 10.2. The Morgan fingerprint density at radius 2 is 1.38 bits per heavy atom. The van der Waals surface area contributed by atoms with Crippen LogP contribution < -0.4 is 5.73 Å². The van der Waals surface area contributed by atoms with Crippen LogP contribution in [0, 0.1) is 0 Å². The van der Waals surface area contributed by atoms with Crippen molar-refractivity contribution in [3.05, 3.63) is 0 Å². The number of hydrogen-bond acceptors (Lipinski definition) is 2. The molecule has 2 aliphatic rings. The molecule has 2 rings (SSSR count). The maximum Gasteiger partial charge on any atom is 0.216 e. The lowest BCUT2D eigenvalue weighted by molar-refractivity contribution is 0.155. The highest BCUT2D eigenvalue weighted by atomic mass is 15.4. The van der Waals surface area contributed by atoms with E-state index >= 15 is 0 Å². The van der Waals surface area contributed by atoms with Gasteiger partial charge in [0.1, 0.15) is 0 Å². The van der Waals surface area contributed by atoms with Crippen molar-refractivity contribution in [3.63, 3.8) is 0 Å². The molecule has 2 N–H and O–H groups in total. The molecule has 120 valence electrons. The zero-order chi connectivity index (χ0) is 15.1. The third-order valence-corrected chi connectivity index (χ3v) is 5.04. The van der Waals surface area contributed by atoms with E-state index in [4.69, 9.17) is 5.73 Å². The van der Waals surface area contributed by atoms with Crippen LogP contribution in [0.1, 0.15) is 84.5 Å². The normalized spacial score (nSPS) is 23.3. The van der Waals surface area contributed by atoms with Gasteiger partial charge in [-0.25, -0.2) is 0 Å². The summed E-state index contributed by atoms with van der Waals surface area (Å²) in [5.74, 6) is 0.654. The van der Waals surface area contributed by atoms with E-state index in [1.165, 1.54) is 64.2 Å². The minimum Gasteiger partial charge on any atom is -0.368 e. The Hall–Kier alpha value is -1.06. The summed E-state index contributed by atoms with van der Waals surface area (Å²) in [4.78, 5) is 2.44. The van der Waals surface area contributed by atoms with Crippen molar-refractivity contribution in [2.45, 2.75) is 96.6 Å². The lowest BCUT2D eigenvalue weighted by Gasteiger charge is -2.42. The fourth-order valence-electron chi connectivity index (χ4n) is 3.65. The Morgan fingerprint density at radius 3 is 1.81 bits per heavy atom. The maximum atomic E-state index is 6.35. The molecule has 0 aromatic heterocycles. The van der Waals surface area contributed by atoms with Crippen LogP contribution in [0.2, 0.25) is 0 Å². The summed E-state index contributed by atoms with van der Waals surface area (Å²) in [7, 11) is 0. The fourth-order valence-corrected chi connectivity index (χ4v) is 3.65. The third kappa shape index (κ3) is 4.72. The highest BCUT2D eigenvalue weighted by Crippen LogP contribution is 2.29. The SMILES string of the molecule is CCC(C)=NN=C(N)N(C1CCCCC1)C1CCCCC1. The predicted molar refractivity (Wildman–Crippen MR) is 90.6 cm³/mol. The van der Waals surface area contributed by atoms with Gasteiger partial charge in [0.05, 0.1) is 0 Å². The maximum absolute atomic E-state index is 6.35. The van der Waals surface area contributed by atoms with Crippen molar-refractivity contribution < 1.29 is 0 Å². The Bertz CT molecular complexity index is 345. The van der Waals surface area contributed by atoms with Crippen LogP contribution in [0.25, 0.3) is 0 Å². The zero-order valence-corrected chi connectivity index (χ0v) is 13.9. The molecule has 0 bridgehead atoms. The molecule has 0 aromatic carbocycles. The summed E-state index contributed by atoms with van der Waals surface area (Å²) in [6.45, 7) is 4.12. The predicted octanol–water partition coefficient (Wildman–Crippen LogP) is 4.05. The monoisotopic (exact) mass is 292 g/mol. The molecule has 0 aromatic rings. The molecule has 0 radical (unpaired) electrons. The molecule has 4 heteroatoms. The number of nitrogens with two attached hydrogens (primary N) is 1. The van der Waals surface area contributed by atoms with Crippen molar-refractivity contribution in [1.29, 1.82) is 0 Å². The number of hydrogen-bond donors (Lipinski definition) is 1. The van der Waals surface area contributed by atoms with E-state index in [9.17, 15) is 0 Å². The Kier molecular flexibility index (Phi) is 6.52. The van der Waals surface area contributed by atoms with Gasteiger partial charge < -0.3 is 10.6 Å². The summed E-state index contributed by atoms with van der Waals surface area (Å²) in [5, 5.41) is 8.65. The van der Waals surface area contributed by atoms with Gasteiger partial charge in [-0.05, 0) is 39.0 Å². The van der Waals surface area contributed by atoms with Crippen LogP contribution in [0.15, 0.2) is 10.2 Å². The standard InChI is InChI=1S/C17H32N4/c1-3-14(2)19-20-17(18)21(15-10-6-4-7-11-15)16-12-8-5-9-13-16/h15-16H,3-13H2,1-2H3,(H2,18,20). The van der Waals surface area contributed by atoms with Crippen LogP contribution >= 0.6 is 0 Å². The second-order valence-electron chi connectivity index (χ2n) is 6.64. The molecule has 0 aliphatic heterocycles. The Morgan fingerprint density at radius 1 is 0.905 bits per heavy atom. The van der Waals surface area contributed by atoms with E-state index in [1.807, 2.05) is 6.92 Å². The smallest absolute Gasteiger partial charge is 0.216 e. The summed E-state index contributed by atoms with van der Waals surface area (Å²) in [6.07, 6.45) is 14.1. The van der Waals surface area contributed by atoms with Crippen LogP contribution in [0.5, 0.6) is 0 Å². The second kappa shape index (κ2) is 8.40. The second-order valence-corrected chi connectivity index (χ2v) is 6.64. The topological polar surface area (TPSA) is 54.0 Å². The van der Waals surface area contributed by atoms with Gasteiger partial charge in [0.25, 0.3) is 0 Å². The summed E-state index contributed by atoms with van der Waals surface area (Å²) in [6, 6.07) is 1.17. The zero-order valence-electron chi connectivity index (χ0n) is 13.9. The first-order valence-corrected chi connectivity index (χ1v) is 8.87. The van der Waals surface area contributed by atoms with Gasteiger partial charge in [-0.1, -0.05) is 45.4 Å². The van der Waals surface area contributed by atoms with Gasteiger partial charge in [0.2, 0.25) is 5.96 Å². The molecule has 0 unspecified atom stereocenters. The van der Waals surface area contributed by atoms with Crippen LogP contribution in [0.4, 0.5) is 0 Å². The Labute approximate surface area is 129 Å². The fraction of sp³-hybridized carbons (Fsp3) is 0.882. The molecular weight excluding hydrogens is 260 g/mol. The molecule has 4 nitrogen and oxygen atoms in total. The van der Waals surface area contributed by atoms with E-state index in [1.54, 1.807) is 0 Å². The van der Waals surface area contributed by atoms with Gasteiger partial charge in [0, 0.05) is 17.8 Å². The van der Waals surface area contributed by atoms with E-state index in [2.05, 4.69) is 22.0 Å². The van der Waals surface area contributed by atoms with Crippen molar-refractivity contribution in [1.82, 2.24) is 4.90 Å². The van der Waals surface area contributed by atoms with Crippen LogP contribution in [0.3, 0.4) is 0 Å². The molecule has 2 fully saturated rings. The van der Waals surface area contributed by atoms with Crippen molar-refractivity contribution >= 4 is 11.7 Å². The highest BCUT2D eigenvalue weighted by Gasteiger charge is 2.30. The van der Waals surface area contributed by atoms with Gasteiger partial charge in [0.15, 0.2) is 0 Å². The quantitative estimate of drug-likeness (QED) is 0.483. The van der Waals surface area contributed by atoms with E-state index in [0.29, 0.717) is 18.0 Å². The molecule has 2 aliphatic carbocycles. The van der Waals surface area contributed by atoms with Crippen molar-refractivity contribution in [3.8, 4) is 0 Å². The molecular formula is C17H32N4. The van der Waals surface area contributed by atoms with Gasteiger partial charge in [-0.15, -0.1) is 5.10 Å². The first kappa shape index (κ1) is 16.3. The van der Waals surface area contributed by atoms with Crippen molar-refractivity contribution in [2.24, 2.45) is 15.9 Å². The van der Waals surface area contributed by atoms with E-state index in [0.717, 1.165) is 12.1 Å². The summed E-state index contributed by atoms with van der Waals surface area (Å²) < 4.78 is 0. The third-order valence-electron chi connectivity index (χ3n) is 5.04. The lowest BCUT2D eigenvalue weighted by atomic mass is 9.89. The number of rotatable bonds is 4. The van der Waals surface area contributed by atoms with Crippen LogP contribution in [-0.2, 0) is 0 Å². The van der Waals surface area contributed by atoms with Crippen LogP contribution in [-0.4, -0.2) is 28.7 Å². The van der Waals surface area contributed by atoms with Gasteiger partial charge >= 0.3 is 0 Å². The average Bonchev–Trinajstić information content (AvgIpc) is 2.55. The molecule has 0 saturated heterocycles. The van der Waals surface area contributed by atoms with E-state index < -0.39 is 0 Å². The molecule has 2 saturated carbocycles. The largest absolute Gasteiger partial charge is 0.368 e. The highest BCUT2D eigenvalue weighted by molar-refractivity contribution is 5.84. The molecule has 0 atom stereocenters. The molecule has 0 amide bonds. The van der Waals surface area contributed by atoms with Gasteiger partial charge in [-0.3, -0.25) is 0 Å². The lowest BCUT2D eigenvalue weighted by Crippen LogP contribution is -2.51. The first-order valence-electron chi connectivity index (χ1n) is 8.87.